The van der Waals surface area contributed by atoms with Crippen molar-refractivity contribution in [2.24, 2.45) is 5.73 Å². The standard InChI is InChI=1S/C15H19N3S/c1-10-11(2)19-15(17-10)18-8-7-12-5-3-4-6-13(12)14(18)9-16/h3-6,14H,7-9,16H2,1-2H3. The monoisotopic (exact) mass is 273 g/mol. The highest BCUT2D eigenvalue weighted by molar-refractivity contribution is 7.15. The average molecular weight is 273 g/mol. The van der Waals surface area contributed by atoms with Crippen molar-refractivity contribution in [1.82, 2.24) is 4.98 Å². The fourth-order valence-corrected chi connectivity index (χ4v) is 3.70. The number of aromatic nitrogens is 1. The average Bonchev–Trinajstić information content (AvgIpc) is 2.77. The molecule has 3 nitrogen and oxygen atoms in total. The van der Waals surface area contributed by atoms with Crippen LogP contribution in [0, 0.1) is 13.8 Å². The van der Waals surface area contributed by atoms with E-state index in [0.29, 0.717) is 6.54 Å². The summed E-state index contributed by atoms with van der Waals surface area (Å²) >= 11 is 1.77. The molecule has 4 heteroatoms. The minimum atomic E-state index is 0.259. The predicted octanol–water partition coefficient (Wildman–Crippen LogP) is 2.82. The maximum absolute atomic E-state index is 6.03. The quantitative estimate of drug-likeness (QED) is 0.915. The SMILES string of the molecule is Cc1nc(N2CCc3ccccc3C2CN)sc1C. The number of anilines is 1. The van der Waals surface area contributed by atoms with Gasteiger partial charge in [-0.2, -0.15) is 0 Å². The third-order valence-electron chi connectivity index (χ3n) is 3.90. The van der Waals surface area contributed by atoms with Gasteiger partial charge in [0.1, 0.15) is 0 Å². The Morgan fingerprint density at radius 2 is 2.16 bits per heavy atom. The summed E-state index contributed by atoms with van der Waals surface area (Å²) in [7, 11) is 0. The lowest BCUT2D eigenvalue weighted by Crippen LogP contribution is -2.39. The lowest BCUT2D eigenvalue weighted by atomic mass is 9.93. The molecule has 0 spiro atoms. The molecule has 0 saturated carbocycles. The highest BCUT2D eigenvalue weighted by atomic mass is 32.1. The first-order valence-corrected chi connectivity index (χ1v) is 7.51. The molecule has 1 aliphatic rings. The van der Waals surface area contributed by atoms with Gasteiger partial charge < -0.3 is 10.6 Å². The predicted molar refractivity (Wildman–Crippen MR) is 80.9 cm³/mol. The second-order valence-electron chi connectivity index (χ2n) is 5.03. The zero-order valence-corrected chi connectivity index (χ0v) is 12.2. The minimum absolute atomic E-state index is 0.259. The molecule has 2 heterocycles. The number of rotatable bonds is 2. The van der Waals surface area contributed by atoms with Gasteiger partial charge in [0.05, 0.1) is 11.7 Å². The van der Waals surface area contributed by atoms with Crippen molar-refractivity contribution in [3.63, 3.8) is 0 Å². The molecule has 0 bridgehead atoms. The van der Waals surface area contributed by atoms with Crippen LogP contribution >= 0.6 is 11.3 Å². The van der Waals surface area contributed by atoms with Crippen molar-refractivity contribution in [3.8, 4) is 0 Å². The zero-order chi connectivity index (χ0) is 13.4. The smallest absolute Gasteiger partial charge is 0.186 e. The van der Waals surface area contributed by atoms with Crippen molar-refractivity contribution < 1.29 is 0 Å². The number of nitrogens with two attached hydrogens (primary N) is 1. The van der Waals surface area contributed by atoms with E-state index >= 15 is 0 Å². The van der Waals surface area contributed by atoms with Gasteiger partial charge in [0.25, 0.3) is 0 Å². The molecule has 2 N–H and O–H groups in total. The molecule has 2 aromatic rings. The number of nitrogens with zero attached hydrogens (tertiary/aromatic N) is 2. The van der Waals surface area contributed by atoms with E-state index in [-0.39, 0.29) is 6.04 Å². The van der Waals surface area contributed by atoms with Crippen LogP contribution in [0.25, 0.3) is 0 Å². The second-order valence-corrected chi connectivity index (χ2v) is 6.21. The van der Waals surface area contributed by atoms with Crippen molar-refractivity contribution in [2.75, 3.05) is 18.0 Å². The maximum Gasteiger partial charge on any atom is 0.186 e. The third kappa shape index (κ3) is 2.15. The highest BCUT2D eigenvalue weighted by Gasteiger charge is 2.28. The molecule has 0 aliphatic carbocycles. The van der Waals surface area contributed by atoms with Gasteiger partial charge in [-0.3, -0.25) is 0 Å². The second kappa shape index (κ2) is 4.94. The molecule has 3 rings (SSSR count). The molecule has 1 aromatic heterocycles. The highest BCUT2D eigenvalue weighted by Crippen LogP contribution is 2.35. The molecule has 0 saturated heterocycles. The van der Waals surface area contributed by atoms with Crippen molar-refractivity contribution in [1.29, 1.82) is 0 Å². The fraction of sp³-hybridized carbons (Fsp3) is 0.400. The van der Waals surface area contributed by atoms with Gasteiger partial charge in [0, 0.05) is 18.0 Å². The Morgan fingerprint density at radius 1 is 1.37 bits per heavy atom. The molecule has 1 aromatic carbocycles. The molecule has 100 valence electrons. The first kappa shape index (κ1) is 12.6. The topological polar surface area (TPSA) is 42.2 Å². The third-order valence-corrected chi connectivity index (χ3v) is 5.01. The molecule has 0 radical (unpaired) electrons. The molecule has 1 atom stereocenters. The summed E-state index contributed by atoms with van der Waals surface area (Å²) in [6, 6.07) is 8.89. The van der Waals surface area contributed by atoms with Crippen LogP contribution in [0.2, 0.25) is 0 Å². The van der Waals surface area contributed by atoms with Gasteiger partial charge in [-0.15, -0.1) is 11.3 Å². The maximum atomic E-state index is 6.03. The Hall–Kier alpha value is -1.39. The van der Waals surface area contributed by atoms with E-state index in [1.54, 1.807) is 11.3 Å². The van der Waals surface area contributed by atoms with Crippen LogP contribution in [0.5, 0.6) is 0 Å². The van der Waals surface area contributed by atoms with Gasteiger partial charge >= 0.3 is 0 Å². The van der Waals surface area contributed by atoms with Gasteiger partial charge in [-0.25, -0.2) is 4.98 Å². The summed E-state index contributed by atoms with van der Waals surface area (Å²) in [5.74, 6) is 0. The van der Waals surface area contributed by atoms with Crippen LogP contribution in [-0.2, 0) is 6.42 Å². The molecule has 1 aliphatic heterocycles. The summed E-state index contributed by atoms with van der Waals surface area (Å²) in [6.07, 6.45) is 1.07. The number of fused-ring (bicyclic) bond motifs is 1. The van der Waals surface area contributed by atoms with Crippen LogP contribution in [0.4, 0.5) is 5.13 Å². The van der Waals surface area contributed by atoms with Gasteiger partial charge in [0.15, 0.2) is 5.13 Å². The number of aryl methyl sites for hydroxylation is 2. The first-order chi connectivity index (χ1) is 9.20. The Kier molecular flexibility index (Phi) is 3.29. The molecule has 1 unspecified atom stereocenters. The number of hydrogen-bond donors (Lipinski definition) is 1. The fourth-order valence-electron chi connectivity index (χ4n) is 2.71. The van der Waals surface area contributed by atoms with Crippen LogP contribution in [0.1, 0.15) is 27.7 Å². The van der Waals surface area contributed by atoms with Crippen LogP contribution in [0.3, 0.4) is 0 Å². The van der Waals surface area contributed by atoms with Crippen LogP contribution in [0.15, 0.2) is 24.3 Å². The molecule has 19 heavy (non-hydrogen) atoms. The Bertz CT molecular complexity index is 571. The summed E-state index contributed by atoms with van der Waals surface area (Å²) in [5.41, 5.74) is 9.95. The van der Waals surface area contributed by atoms with E-state index in [0.717, 1.165) is 23.8 Å². The Balaban J connectivity index is 2.00. The molecular formula is C15H19N3S. The first-order valence-electron chi connectivity index (χ1n) is 6.69. The summed E-state index contributed by atoms with van der Waals surface area (Å²) in [5, 5.41) is 1.11. The van der Waals surface area contributed by atoms with E-state index in [1.807, 2.05) is 0 Å². The van der Waals surface area contributed by atoms with Gasteiger partial charge in [-0.1, -0.05) is 24.3 Å². The van der Waals surface area contributed by atoms with E-state index < -0.39 is 0 Å². The normalized spacial score (nSPS) is 18.5. The van der Waals surface area contributed by atoms with Crippen molar-refractivity contribution in [3.05, 3.63) is 46.0 Å². The lowest BCUT2D eigenvalue weighted by Gasteiger charge is -2.36. The summed E-state index contributed by atoms with van der Waals surface area (Å²) in [6.45, 7) is 5.84. The van der Waals surface area contributed by atoms with Crippen LogP contribution in [-0.4, -0.2) is 18.1 Å². The zero-order valence-electron chi connectivity index (χ0n) is 11.4. The largest absolute Gasteiger partial charge is 0.339 e. The van der Waals surface area contributed by atoms with E-state index in [4.69, 9.17) is 10.7 Å². The number of benzene rings is 1. The lowest BCUT2D eigenvalue weighted by molar-refractivity contribution is 0.589. The van der Waals surface area contributed by atoms with Gasteiger partial charge in [-0.05, 0) is 31.4 Å². The molecular weight excluding hydrogens is 254 g/mol. The number of thiazole rings is 1. The molecule has 0 fully saturated rings. The van der Waals surface area contributed by atoms with Gasteiger partial charge in [0.2, 0.25) is 0 Å². The summed E-state index contributed by atoms with van der Waals surface area (Å²) < 4.78 is 0. The van der Waals surface area contributed by atoms with Crippen LogP contribution < -0.4 is 10.6 Å². The summed E-state index contributed by atoms with van der Waals surface area (Å²) in [4.78, 5) is 8.36. The van der Waals surface area contributed by atoms with Crippen molar-refractivity contribution >= 4 is 16.5 Å². The number of hydrogen-bond acceptors (Lipinski definition) is 4. The minimum Gasteiger partial charge on any atom is -0.339 e. The Morgan fingerprint density at radius 3 is 2.84 bits per heavy atom. The molecule has 0 amide bonds. The van der Waals surface area contributed by atoms with E-state index in [1.165, 1.54) is 16.0 Å². The van der Waals surface area contributed by atoms with Crippen molar-refractivity contribution in [2.45, 2.75) is 26.3 Å². The van der Waals surface area contributed by atoms with E-state index in [2.05, 4.69) is 43.0 Å². The Labute approximate surface area is 118 Å². The van der Waals surface area contributed by atoms with E-state index in [9.17, 15) is 0 Å².